The maximum absolute atomic E-state index is 12.5. The largest absolute Gasteiger partial charge is 0.468 e. The maximum atomic E-state index is 12.5. The fraction of sp³-hybridized carbons (Fsp3) is 0.474. The third-order valence-electron chi connectivity index (χ3n) is 6.17. The predicted molar refractivity (Wildman–Crippen MR) is 84.5 cm³/mol. The number of carbonyl (C=O) groups is 2. The van der Waals surface area contributed by atoms with Gasteiger partial charge in [-0.2, -0.15) is 0 Å². The van der Waals surface area contributed by atoms with Crippen LogP contribution in [-0.2, 0) is 24.5 Å². The molecule has 2 saturated carbocycles. The molecule has 4 heteroatoms. The van der Waals surface area contributed by atoms with Crippen LogP contribution in [0.2, 0.25) is 0 Å². The van der Waals surface area contributed by atoms with Gasteiger partial charge < -0.3 is 9.47 Å². The zero-order valence-corrected chi connectivity index (χ0v) is 13.4. The van der Waals surface area contributed by atoms with Crippen molar-refractivity contribution in [2.24, 2.45) is 11.3 Å². The first-order valence-electron chi connectivity index (χ1n) is 8.06. The molecule has 1 spiro atoms. The number of hydrogen-bond acceptors (Lipinski definition) is 4. The lowest BCUT2D eigenvalue weighted by atomic mass is 9.46. The molecule has 23 heavy (non-hydrogen) atoms. The topological polar surface area (TPSA) is 52.6 Å². The number of methoxy groups -OCH3 is 2. The average molecular weight is 312 g/mol. The summed E-state index contributed by atoms with van der Waals surface area (Å²) in [5.41, 5.74) is 2.61. The van der Waals surface area contributed by atoms with Gasteiger partial charge in [-0.25, -0.2) is 0 Å². The molecule has 3 aliphatic rings. The Morgan fingerprint density at radius 1 is 1.13 bits per heavy atom. The zero-order valence-electron chi connectivity index (χ0n) is 13.4. The van der Waals surface area contributed by atoms with E-state index in [1.165, 1.54) is 30.9 Å². The number of ether oxygens (including phenoxy) is 2. The van der Waals surface area contributed by atoms with Crippen LogP contribution in [0.1, 0.15) is 36.8 Å². The van der Waals surface area contributed by atoms with Gasteiger partial charge in [-0.1, -0.05) is 35.9 Å². The van der Waals surface area contributed by atoms with Crippen LogP contribution in [0.3, 0.4) is 0 Å². The summed E-state index contributed by atoms with van der Waals surface area (Å²) in [7, 11) is 2.68. The highest BCUT2D eigenvalue weighted by Gasteiger charge is 2.64. The number of rotatable bonds is 2. The molecule has 0 N–H and O–H groups in total. The normalized spacial score (nSPS) is 29.3. The van der Waals surface area contributed by atoms with Crippen molar-refractivity contribution in [3.63, 3.8) is 0 Å². The van der Waals surface area contributed by atoms with Gasteiger partial charge in [-0.3, -0.25) is 9.59 Å². The quantitative estimate of drug-likeness (QED) is 0.622. The molecule has 0 aliphatic heterocycles. The molecule has 1 aromatic carbocycles. The SMILES string of the molecule is COC(=O)C1(C(=O)OC)CC2=Cc3ccccc3C23CCC3C1. The van der Waals surface area contributed by atoms with E-state index in [0.717, 1.165) is 12.8 Å². The number of esters is 2. The second kappa shape index (κ2) is 4.70. The molecule has 0 amide bonds. The Hall–Kier alpha value is -2.10. The molecule has 2 unspecified atom stereocenters. The van der Waals surface area contributed by atoms with Crippen molar-refractivity contribution < 1.29 is 19.1 Å². The molecule has 0 bridgehead atoms. The van der Waals surface area contributed by atoms with Crippen LogP contribution < -0.4 is 0 Å². The van der Waals surface area contributed by atoms with Gasteiger partial charge >= 0.3 is 11.9 Å². The minimum Gasteiger partial charge on any atom is -0.468 e. The third-order valence-corrected chi connectivity index (χ3v) is 6.17. The Morgan fingerprint density at radius 2 is 1.83 bits per heavy atom. The number of carbonyl (C=O) groups excluding carboxylic acids is 2. The Balaban J connectivity index is 1.82. The molecule has 4 nitrogen and oxygen atoms in total. The second-order valence-corrected chi connectivity index (χ2v) is 6.91. The van der Waals surface area contributed by atoms with Gasteiger partial charge in [0, 0.05) is 5.41 Å². The van der Waals surface area contributed by atoms with Gasteiger partial charge in [0.05, 0.1) is 14.2 Å². The van der Waals surface area contributed by atoms with Crippen molar-refractivity contribution >= 4 is 18.0 Å². The van der Waals surface area contributed by atoms with Gasteiger partial charge in [0.2, 0.25) is 0 Å². The molecule has 0 aromatic heterocycles. The molecule has 3 aliphatic carbocycles. The molecule has 0 radical (unpaired) electrons. The summed E-state index contributed by atoms with van der Waals surface area (Å²) in [5, 5.41) is 0. The molecule has 0 heterocycles. The standard InChI is InChI=1S/C19H20O4/c1-22-16(20)18(17(21)23-2)10-13-7-8-19(13)14(11-18)9-12-5-3-4-6-15(12)19/h3-6,9,13H,7-8,10-11H2,1-2H3. The van der Waals surface area contributed by atoms with E-state index in [4.69, 9.17) is 9.47 Å². The first-order chi connectivity index (χ1) is 11.1. The summed E-state index contributed by atoms with van der Waals surface area (Å²) in [6.07, 6.45) is 5.21. The summed E-state index contributed by atoms with van der Waals surface area (Å²) in [6.45, 7) is 0. The van der Waals surface area contributed by atoms with Crippen LogP contribution in [0.25, 0.3) is 6.08 Å². The molecule has 2 fully saturated rings. The Labute approximate surface area is 135 Å². The number of allylic oxidation sites excluding steroid dienone is 1. The van der Waals surface area contributed by atoms with E-state index in [2.05, 4.69) is 24.3 Å². The zero-order chi connectivity index (χ0) is 16.2. The maximum Gasteiger partial charge on any atom is 0.323 e. The monoisotopic (exact) mass is 312 g/mol. The van der Waals surface area contributed by atoms with Crippen molar-refractivity contribution in [3.8, 4) is 0 Å². The van der Waals surface area contributed by atoms with E-state index in [1.807, 2.05) is 6.07 Å². The van der Waals surface area contributed by atoms with Crippen LogP contribution >= 0.6 is 0 Å². The number of benzene rings is 1. The van der Waals surface area contributed by atoms with Gasteiger partial charge in [-0.05, 0) is 42.7 Å². The van der Waals surface area contributed by atoms with Crippen LogP contribution in [0, 0.1) is 11.3 Å². The summed E-state index contributed by atoms with van der Waals surface area (Å²) in [6, 6.07) is 8.41. The van der Waals surface area contributed by atoms with E-state index in [0.29, 0.717) is 18.8 Å². The van der Waals surface area contributed by atoms with Crippen molar-refractivity contribution in [2.45, 2.75) is 31.1 Å². The highest BCUT2D eigenvalue weighted by Crippen LogP contribution is 2.66. The lowest BCUT2D eigenvalue weighted by Crippen LogP contribution is -2.56. The van der Waals surface area contributed by atoms with Crippen molar-refractivity contribution in [2.75, 3.05) is 14.2 Å². The van der Waals surface area contributed by atoms with Crippen molar-refractivity contribution in [3.05, 3.63) is 41.0 Å². The summed E-state index contributed by atoms with van der Waals surface area (Å²) < 4.78 is 9.96. The average Bonchev–Trinajstić information content (AvgIpc) is 2.91. The lowest BCUT2D eigenvalue weighted by molar-refractivity contribution is -0.174. The van der Waals surface area contributed by atoms with E-state index in [-0.39, 0.29) is 5.41 Å². The van der Waals surface area contributed by atoms with Crippen molar-refractivity contribution in [1.29, 1.82) is 0 Å². The number of fused-ring (bicyclic) bond motifs is 1. The first-order valence-corrected chi connectivity index (χ1v) is 8.06. The smallest absolute Gasteiger partial charge is 0.323 e. The minimum atomic E-state index is -1.19. The van der Waals surface area contributed by atoms with E-state index in [1.54, 1.807) is 0 Å². The molecular weight excluding hydrogens is 292 g/mol. The fourth-order valence-electron chi connectivity index (χ4n) is 5.02. The van der Waals surface area contributed by atoms with Gasteiger partial charge in [0.15, 0.2) is 5.41 Å². The molecule has 0 saturated heterocycles. The third kappa shape index (κ3) is 1.61. The molecule has 4 rings (SSSR count). The highest BCUT2D eigenvalue weighted by atomic mass is 16.5. The second-order valence-electron chi connectivity index (χ2n) is 6.91. The van der Waals surface area contributed by atoms with Crippen LogP contribution in [0.5, 0.6) is 0 Å². The van der Waals surface area contributed by atoms with E-state index < -0.39 is 17.4 Å². The molecular formula is C19H20O4. The predicted octanol–water partition coefficient (Wildman–Crippen LogP) is 2.86. The van der Waals surface area contributed by atoms with Crippen molar-refractivity contribution in [1.82, 2.24) is 0 Å². The molecule has 120 valence electrons. The van der Waals surface area contributed by atoms with Gasteiger partial charge in [0.1, 0.15) is 0 Å². The highest BCUT2D eigenvalue weighted by molar-refractivity contribution is 6.01. The molecule has 2 atom stereocenters. The van der Waals surface area contributed by atoms with Gasteiger partial charge in [-0.15, -0.1) is 0 Å². The van der Waals surface area contributed by atoms with Gasteiger partial charge in [0.25, 0.3) is 0 Å². The molecule has 1 aromatic rings. The first kappa shape index (κ1) is 14.5. The number of hydrogen-bond donors (Lipinski definition) is 0. The summed E-state index contributed by atoms with van der Waals surface area (Å²) >= 11 is 0. The fourth-order valence-corrected chi connectivity index (χ4v) is 5.02. The lowest BCUT2D eigenvalue weighted by Gasteiger charge is -2.56. The van der Waals surface area contributed by atoms with Crippen LogP contribution in [0.15, 0.2) is 29.8 Å². The Kier molecular flexibility index (Phi) is 2.96. The van der Waals surface area contributed by atoms with E-state index in [9.17, 15) is 9.59 Å². The Morgan fingerprint density at radius 3 is 2.43 bits per heavy atom. The minimum absolute atomic E-state index is 0.0299. The summed E-state index contributed by atoms with van der Waals surface area (Å²) in [4.78, 5) is 24.9. The summed E-state index contributed by atoms with van der Waals surface area (Å²) in [5.74, 6) is -0.646. The van der Waals surface area contributed by atoms with Crippen LogP contribution in [-0.4, -0.2) is 26.2 Å². The van der Waals surface area contributed by atoms with Crippen LogP contribution in [0.4, 0.5) is 0 Å². The van der Waals surface area contributed by atoms with E-state index >= 15 is 0 Å². The Bertz CT molecular complexity index is 717.